The van der Waals surface area contributed by atoms with Gasteiger partial charge in [-0.1, -0.05) is 5.16 Å². The van der Waals surface area contributed by atoms with Crippen LogP contribution in [0.4, 0.5) is 5.69 Å². The zero-order valence-corrected chi connectivity index (χ0v) is 14.0. The molecule has 0 saturated heterocycles. The predicted octanol–water partition coefficient (Wildman–Crippen LogP) is 2.44. The molecule has 1 aromatic carbocycles. The normalized spacial score (nSPS) is 18.5. The van der Waals surface area contributed by atoms with Crippen LogP contribution in [0.3, 0.4) is 0 Å². The molecule has 0 bridgehead atoms. The minimum absolute atomic E-state index is 0.219. The fraction of sp³-hybridized carbons (Fsp3) is 0.412. The number of methoxy groups -OCH3 is 1. The monoisotopic (exact) mass is 331 g/mol. The average Bonchev–Trinajstić information content (AvgIpc) is 2.96. The first-order valence-electron chi connectivity index (χ1n) is 7.72. The van der Waals surface area contributed by atoms with E-state index < -0.39 is 5.60 Å². The Balaban J connectivity index is 1.83. The number of nitrogens with zero attached hydrogens (tertiary/aromatic N) is 1. The summed E-state index contributed by atoms with van der Waals surface area (Å²) in [5.41, 5.74) is 7.19. The summed E-state index contributed by atoms with van der Waals surface area (Å²) in [6.07, 6.45) is 0.623. The van der Waals surface area contributed by atoms with Crippen LogP contribution >= 0.6 is 0 Å². The number of ether oxygens (including phenoxy) is 2. The number of nitrogens with one attached hydrogen (secondary N) is 1. The molecule has 128 valence electrons. The van der Waals surface area contributed by atoms with Gasteiger partial charge in [-0.25, -0.2) is 0 Å². The predicted molar refractivity (Wildman–Crippen MR) is 87.6 cm³/mol. The number of fused-ring (bicyclic) bond motifs is 1. The fourth-order valence-corrected chi connectivity index (χ4v) is 2.86. The summed E-state index contributed by atoms with van der Waals surface area (Å²) < 4.78 is 16.0. The van der Waals surface area contributed by atoms with Gasteiger partial charge in [-0.15, -0.1) is 0 Å². The Morgan fingerprint density at radius 3 is 3.00 bits per heavy atom. The molecule has 1 aliphatic rings. The molecule has 0 fully saturated rings. The molecule has 2 heterocycles. The van der Waals surface area contributed by atoms with E-state index in [0.717, 1.165) is 11.3 Å². The zero-order valence-electron chi connectivity index (χ0n) is 14.0. The van der Waals surface area contributed by atoms with Crippen molar-refractivity contribution in [2.45, 2.75) is 38.5 Å². The van der Waals surface area contributed by atoms with Crippen molar-refractivity contribution >= 4 is 11.6 Å². The van der Waals surface area contributed by atoms with E-state index in [-0.39, 0.29) is 24.2 Å². The molecular formula is C17H21N3O4. The molecule has 2 aromatic rings. The van der Waals surface area contributed by atoms with E-state index in [1.54, 1.807) is 19.2 Å². The van der Waals surface area contributed by atoms with Crippen molar-refractivity contribution in [3.05, 3.63) is 41.3 Å². The van der Waals surface area contributed by atoms with Crippen LogP contribution in [0.2, 0.25) is 0 Å². The molecular weight excluding hydrogens is 310 g/mol. The zero-order chi connectivity index (χ0) is 17.3. The minimum Gasteiger partial charge on any atom is -0.487 e. The minimum atomic E-state index is -0.397. The lowest BCUT2D eigenvalue weighted by Crippen LogP contribution is -2.41. The van der Waals surface area contributed by atoms with Crippen LogP contribution in [0.15, 0.2) is 28.8 Å². The third-order valence-electron chi connectivity index (χ3n) is 3.87. The highest BCUT2D eigenvalue weighted by Crippen LogP contribution is 2.40. The van der Waals surface area contributed by atoms with Crippen LogP contribution in [0, 0.1) is 0 Å². The van der Waals surface area contributed by atoms with Crippen molar-refractivity contribution in [2.75, 3.05) is 12.8 Å². The average molecular weight is 331 g/mol. The number of rotatable bonds is 4. The van der Waals surface area contributed by atoms with E-state index in [2.05, 4.69) is 10.5 Å². The summed E-state index contributed by atoms with van der Waals surface area (Å²) in [6, 6.07) is 6.80. The first-order chi connectivity index (χ1) is 11.4. The summed E-state index contributed by atoms with van der Waals surface area (Å²) in [6.45, 7) is 4.24. The van der Waals surface area contributed by atoms with Gasteiger partial charge in [0, 0.05) is 30.8 Å². The molecule has 0 radical (unpaired) electrons. The molecule has 3 rings (SSSR count). The van der Waals surface area contributed by atoms with Gasteiger partial charge < -0.3 is 25.0 Å². The van der Waals surface area contributed by atoms with Crippen molar-refractivity contribution in [3.8, 4) is 5.75 Å². The van der Waals surface area contributed by atoms with Crippen LogP contribution < -0.4 is 15.8 Å². The quantitative estimate of drug-likeness (QED) is 0.835. The summed E-state index contributed by atoms with van der Waals surface area (Å²) in [7, 11) is 1.55. The third kappa shape index (κ3) is 3.35. The summed E-state index contributed by atoms with van der Waals surface area (Å²) >= 11 is 0. The van der Waals surface area contributed by atoms with E-state index >= 15 is 0 Å². The first kappa shape index (κ1) is 16.3. The Bertz CT molecular complexity index is 754. The summed E-state index contributed by atoms with van der Waals surface area (Å²) in [5, 5.41) is 6.78. The highest BCUT2D eigenvalue weighted by atomic mass is 16.5. The van der Waals surface area contributed by atoms with Gasteiger partial charge >= 0.3 is 0 Å². The second-order valence-electron chi connectivity index (χ2n) is 6.50. The molecule has 0 saturated carbocycles. The number of anilines is 1. The van der Waals surface area contributed by atoms with Crippen LogP contribution in [0.5, 0.6) is 5.75 Å². The highest BCUT2D eigenvalue weighted by molar-refractivity contribution is 5.92. The van der Waals surface area contributed by atoms with Crippen molar-refractivity contribution < 1.29 is 18.8 Å². The maximum Gasteiger partial charge on any atom is 0.273 e. The Labute approximate surface area is 140 Å². The van der Waals surface area contributed by atoms with Crippen molar-refractivity contribution in [3.63, 3.8) is 0 Å². The number of benzene rings is 1. The Morgan fingerprint density at radius 2 is 2.25 bits per heavy atom. The van der Waals surface area contributed by atoms with Crippen LogP contribution in [-0.2, 0) is 11.3 Å². The van der Waals surface area contributed by atoms with Crippen LogP contribution in [0.25, 0.3) is 0 Å². The molecule has 1 amide bonds. The number of nitrogen functional groups attached to an aromatic ring is 1. The number of hydrogen-bond donors (Lipinski definition) is 2. The maximum absolute atomic E-state index is 12.5. The Morgan fingerprint density at radius 1 is 1.46 bits per heavy atom. The van der Waals surface area contributed by atoms with E-state index in [9.17, 15) is 4.79 Å². The second-order valence-corrected chi connectivity index (χ2v) is 6.50. The number of hydrogen-bond acceptors (Lipinski definition) is 6. The lowest BCUT2D eigenvalue weighted by molar-refractivity contribution is 0.0617. The molecule has 0 aliphatic carbocycles. The molecule has 1 aromatic heterocycles. The summed E-state index contributed by atoms with van der Waals surface area (Å²) in [4.78, 5) is 12.5. The number of carbonyl (C=O) groups is 1. The molecule has 24 heavy (non-hydrogen) atoms. The van der Waals surface area contributed by atoms with Crippen molar-refractivity contribution in [1.82, 2.24) is 10.5 Å². The van der Waals surface area contributed by atoms with Crippen molar-refractivity contribution in [1.29, 1.82) is 0 Å². The lowest BCUT2D eigenvalue weighted by Gasteiger charge is -2.37. The van der Waals surface area contributed by atoms with Gasteiger partial charge in [-0.2, -0.15) is 0 Å². The molecule has 1 aliphatic heterocycles. The highest BCUT2D eigenvalue weighted by Gasteiger charge is 2.35. The van der Waals surface area contributed by atoms with Gasteiger partial charge in [0.15, 0.2) is 11.5 Å². The summed E-state index contributed by atoms with van der Waals surface area (Å²) in [5.74, 6) is 0.919. The van der Waals surface area contributed by atoms with E-state index in [4.69, 9.17) is 19.7 Å². The topological polar surface area (TPSA) is 99.6 Å². The molecule has 1 atom stereocenters. The van der Waals surface area contributed by atoms with Gasteiger partial charge in [0.25, 0.3) is 5.91 Å². The van der Waals surface area contributed by atoms with E-state index in [0.29, 0.717) is 17.9 Å². The van der Waals surface area contributed by atoms with Gasteiger partial charge in [-0.05, 0) is 32.0 Å². The SMILES string of the molecule is COCc1cc(C(=O)NC2CC(C)(C)Oc3ccc(N)cc32)no1. The van der Waals surface area contributed by atoms with Gasteiger partial charge in [-0.3, -0.25) is 4.79 Å². The second kappa shape index (κ2) is 6.16. The Hall–Kier alpha value is -2.54. The molecule has 7 heteroatoms. The molecule has 1 unspecified atom stereocenters. The third-order valence-corrected chi connectivity index (χ3v) is 3.87. The largest absolute Gasteiger partial charge is 0.487 e. The Kier molecular flexibility index (Phi) is 4.19. The van der Waals surface area contributed by atoms with E-state index in [1.165, 1.54) is 0 Å². The maximum atomic E-state index is 12.5. The van der Waals surface area contributed by atoms with Gasteiger partial charge in [0.1, 0.15) is 18.0 Å². The van der Waals surface area contributed by atoms with Crippen LogP contribution in [-0.4, -0.2) is 23.8 Å². The fourth-order valence-electron chi connectivity index (χ4n) is 2.86. The molecule has 3 N–H and O–H groups in total. The number of aromatic nitrogens is 1. The number of carbonyl (C=O) groups excluding carboxylic acids is 1. The van der Waals surface area contributed by atoms with Crippen molar-refractivity contribution in [2.24, 2.45) is 0 Å². The number of nitrogens with two attached hydrogens (primary N) is 1. The first-order valence-corrected chi connectivity index (χ1v) is 7.72. The van der Waals surface area contributed by atoms with Gasteiger partial charge in [0.05, 0.1) is 6.04 Å². The van der Waals surface area contributed by atoms with Gasteiger partial charge in [0.2, 0.25) is 0 Å². The smallest absolute Gasteiger partial charge is 0.273 e. The molecule has 0 spiro atoms. The molecule has 7 nitrogen and oxygen atoms in total. The van der Waals surface area contributed by atoms with E-state index in [1.807, 2.05) is 26.0 Å². The lowest BCUT2D eigenvalue weighted by atomic mass is 9.89. The van der Waals surface area contributed by atoms with Crippen LogP contribution in [0.1, 0.15) is 48.1 Å². The standard InChI is InChI=1S/C17H21N3O4/c1-17(2)8-14(12-6-10(18)4-5-15(12)23-17)19-16(21)13-7-11(9-22-3)24-20-13/h4-7,14H,8-9,18H2,1-3H3,(H,19,21). The number of amides is 1.